The molecule has 0 bridgehead atoms. The van der Waals surface area contributed by atoms with Crippen LogP contribution >= 0.6 is 0 Å². The topological polar surface area (TPSA) is 24.7 Å². The minimum atomic E-state index is 0.468. The van der Waals surface area contributed by atoms with Gasteiger partial charge in [0.05, 0.1) is 23.5 Å². The van der Waals surface area contributed by atoms with Crippen LogP contribution in [0.15, 0.2) is 9.98 Å². The molecule has 0 amide bonds. The van der Waals surface area contributed by atoms with E-state index in [1.165, 1.54) is 75.6 Å². The molecule has 0 aromatic carbocycles. The van der Waals surface area contributed by atoms with Crippen molar-refractivity contribution in [3.63, 3.8) is 0 Å². The highest BCUT2D eigenvalue weighted by atomic mass is 14.9. The van der Waals surface area contributed by atoms with Gasteiger partial charge in [0.2, 0.25) is 0 Å². The van der Waals surface area contributed by atoms with Crippen molar-refractivity contribution in [3.05, 3.63) is 0 Å². The maximum absolute atomic E-state index is 4.98. The molecule has 0 N–H and O–H groups in total. The van der Waals surface area contributed by atoms with E-state index in [0.29, 0.717) is 12.1 Å². The second-order valence-electron chi connectivity index (χ2n) is 7.71. The van der Waals surface area contributed by atoms with Crippen LogP contribution in [0.25, 0.3) is 0 Å². The van der Waals surface area contributed by atoms with Gasteiger partial charge in [-0.05, 0) is 65.2 Å². The average Bonchev–Trinajstić information content (AvgIpc) is 2.56. The van der Waals surface area contributed by atoms with Crippen LogP contribution in [0.5, 0.6) is 0 Å². The third kappa shape index (κ3) is 5.21. The highest BCUT2D eigenvalue weighted by Gasteiger charge is 2.21. The number of hydrogen-bond acceptors (Lipinski definition) is 2. The van der Waals surface area contributed by atoms with E-state index in [1.54, 1.807) is 0 Å². The van der Waals surface area contributed by atoms with Gasteiger partial charge in [0.25, 0.3) is 0 Å². The summed E-state index contributed by atoms with van der Waals surface area (Å²) in [6.07, 6.45) is 13.9. The van der Waals surface area contributed by atoms with Crippen molar-refractivity contribution in [2.24, 2.45) is 21.8 Å². The summed E-state index contributed by atoms with van der Waals surface area (Å²) in [6, 6.07) is 0.936. The normalized spacial score (nSPS) is 26.0. The molecule has 0 aliphatic heterocycles. The molecule has 2 heteroatoms. The zero-order valence-corrected chi connectivity index (χ0v) is 15.3. The summed E-state index contributed by atoms with van der Waals surface area (Å²) in [4.78, 5) is 9.97. The zero-order valence-electron chi connectivity index (χ0n) is 15.3. The molecule has 126 valence electrons. The van der Waals surface area contributed by atoms with E-state index in [0.717, 1.165) is 11.8 Å². The zero-order chi connectivity index (χ0) is 15.9. The molecule has 0 unspecified atom stereocenters. The van der Waals surface area contributed by atoms with Gasteiger partial charge in [0.1, 0.15) is 0 Å². The van der Waals surface area contributed by atoms with Crippen LogP contribution in [0.1, 0.15) is 91.9 Å². The molecule has 2 nitrogen and oxygen atoms in total. The molecule has 0 saturated heterocycles. The summed E-state index contributed by atoms with van der Waals surface area (Å²) >= 11 is 0. The molecule has 0 aromatic rings. The highest BCUT2D eigenvalue weighted by Crippen LogP contribution is 2.29. The first-order valence-electron chi connectivity index (χ1n) is 9.67. The quantitative estimate of drug-likeness (QED) is 0.569. The van der Waals surface area contributed by atoms with Crippen molar-refractivity contribution >= 4 is 11.4 Å². The van der Waals surface area contributed by atoms with Crippen LogP contribution in [-0.2, 0) is 0 Å². The van der Waals surface area contributed by atoms with Crippen molar-refractivity contribution in [2.45, 2.75) is 104 Å². The summed E-state index contributed by atoms with van der Waals surface area (Å²) in [7, 11) is 0. The molecular weight excluding hydrogens is 268 g/mol. The Labute approximate surface area is 137 Å². The molecule has 2 atom stereocenters. The first-order chi connectivity index (χ1) is 10.6. The minimum Gasteiger partial charge on any atom is -0.285 e. The van der Waals surface area contributed by atoms with Crippen molar-refractivity contribution in [1.82, 2.24) is 0 Å². The van der Waals surface area contributed by atoms with Gasteiger partial charge in [-0.15, -0.1) is 0 Å². The lowest BCUT2D eigenvalue weighted by Gasteiger charge is -2.26. The van der Waals surface area contributed by atoms with Crippen LogP contribution in [0.2, 0.25) is 0 Å². The maximum Gasteiger partial charge on any atom is 0.0528 e. The van der Waals surface area contributed by atoms with E-state index in [9.17, 15) is 0 Å². The minimum absolute atomic E-state index is 0.468. The average molecular weight is 305 g/mol. The second-order valence-corrected chi connectivity index (χ2v) is 7.71. The third-order valence-corrected chi connectivity index (χ3v) is 5.98. The molecule has 2 saturated carbocycles. The molecule has 0 radical (unpaired) electrons. The Morgan fingerprint density at radius 1 is 0.636 bits per heavy atom. The van der Waals surface area contributed by atoms with Gasteiger partial charge in [0.15, 0.2) is 0 Å². The van der Waals surface area contributed by atoms with Gasteiger partial charge in [-0.1, -0.05) is 38.5 Å². The molecule has 0 aromatic heterocycles. The fourth-order valence-electron chi connectivity index (χ4n) is 4.24. The predicted molar refractivity (Wildman–Crippen MR) is 98.3 cm³/mol. The van der Waals surface area contributed by atoms with E-state index in [1.807, 2.05) is 0 Å². The molecule has 2 fully saturated rings. The first kappa shape index (κ1) is 17.7. The van der Waals surface area contributed by atoms with Crippen molar-refractivity contribution in [3.8, 4) is 0 Å². The maximum atomic E-state index is 4.98. The Kier molecular flexibility index (Phi) is 7.11. The fraction of sp³-hybridized carbons (Fsp3) is 0.900. The van der Waals surface area contributed by atoms with Crippen LogP contribution in [0.4, 0.5) is 0 Å². The molecular formula is C20H36N2. The van der Waals surface area contributed by atoms with Crippen molar-refractivity contribution in [2.75, 3.05) is 0 Å². The summed E-state index contributed by atoms with van der Waals surface area (Å²) in [5.41, 5.74) is 2.33. The van der Waals surface area contributed by atoms with E-state index in [4.69, 9.17) is 9.98 Å². The molecule has 2 aliphatic rings. The summed E-state index contributed by atoms with van der Waals surface area (Å²) in [5.74, 6) is 1.60. The predicted octanol–water partition coefficient (Wildman–Crippen LogP) is 5.85. The monoisotopic (exact) mass is 304 g/mol. The van der Waals surface area contributed by atoms with Gasteiger partial charge in [-0.2, -0.15) is 0 Å². The number of rotatable bonds is 5. The van der Waals surface area contributed by atoms with Gasteiger partial charge in [-0.3, -0.25) is 9.98 Å². The second kappa shape index (κ2) is 8.84. The molecule has 0 spiro atoms. The summed E-state index contributed by atoms with van der Waals surface area (Å²) < 4.78 is 0. The van der Waals surface area contributed by atoms with Crippen molar-refractivity contribution in [1.29, 1.82) is 0 Å². The first-order valence-corrected chi connectivity index (χ1v) is 9.67. The summed E-state index contributed by atoms with van der Waals surface area (Å²) in [6.45, 7) is 8.92. The SMILES string of the molecule is CC(=N[C@H](C)C1CCCCC1)C(C)=N[C@H](C)C1CCCCC1. The van der Waals surface area contributed by atoms with Crippen LogP contribution in [-0.4, -0.2) is 23.5 Å². The fourth-order valence-corrected chi connectivity index (χ4v) is 4.24. The summed E-state index contributed by atoms with van der Waals surface area (Å²) in [5, 5.41) is 0. The third-order valence-electron chi connectivity index (χ3n) is 5.98. The van der Waals surface area contributed by atoms with E-state index in [2.05, 4.69) is 27.7 Å². The Morgan fingerprint density at radius 3 is 1.27 bits per heavy atom. The number of aliphatic imine (C=N–C) groups is 2. The molecule has 2 rings (SSSR count). The Hall–Kier alpha value is -0.660. The largest absolute Gasteiger partial charge is 0.285 e. The van der Waals surface area contributed by atoms with Gasteiger partial charge in [-0.25, -0.2) is 0 Å². The standard InChI is InChI=1S/C20H36N2/c1-15(21-17(3)19-11-7-5-8-12-19)16(2)22-18(4)20-13-9-6-10-14-20/h17-20H,5-14H2,1-4H3/t17-,18-/m1/s1. The van der Waals surface area contributed by atoms with E-state index in [-0.39, 0.29) is 0 Å². The lowest BCUT2D eigenvalue weighted by atomic mass is 9.84. The number of hydrogen-bond donors (Lipinski definition) is 0. The van der Waals surface area contributed by atoms with Gasteiger partial charge in [0, 0.05) is 0 Å². The smallest absolute Gasteiger partial charge is 0.0528 e. The molecule has 0 heterocycles. The van der Waals surface area contributed by atoms with Gasteiger partial charge < -0.3 is 0 Å². The molecule has 2 aliphatic carbocycles. The number of nitrogens with zero attached hydrogens (tertiary/aromatic N) is 2. The van der Waals surface area contributed by atoms with Crippen LogP contribution in [0, 0.1) is 11.8 Å². The lowest BCUT2D eigenvalue weighted by molar-refractivity contribution is 0.317. The van der Waals surface area contributed by atoms with E-state index < -0.39 is 0 Å². The van der Waals surface area contributed by atoms with Crippen LogP contribution in [0.3, 0.4) is 0 Å². The lowest BCUT2D eigenvalue weighted by Crippen LogP contribution is -2.23. The Morgan fingerprint density at radius 2 is 0.955 bits per heavy atom. The van der Waals surface area contributed by atoms with E-state index >= 15 is 0 Å². The highest BCUT2D eigenvalue weighted by molar-refractivity contribution is 6.40. The Balaban J connectivity index is 1.92. The molecule has 22 heavy (non-hydrogen) atoms. The van der Waals surface area contributed by atoms with Crippen molar-refractivity contribution < 1.29 is 0 Å². The Bertz CT molecular complexity index is 347. The van der Waals surface area contributed by atoms with Gasteiger partial charge >= 0.3 is 0 Å². The van der Waals surface area contributed by atoms with Crippen LogP contribution < -0.4 is 0 Å².